The van der Waals surface area contributed by atoms with Crippen LogP contribution in [-0.2, 0) is 0 Å². The molecule has 0 saturated heterocycles. The molecule has 4 heteroatoms. The van der Waals surface area contributed by atoms with E-state index in [-0.39, 0.29) is 0 Å². The zero-order valence-electron chi connectivity index (χ0n) is 9.89. The van der Waals surface area contributed by atoms with Crippen LogP contribution in [0.15, 0.2) is 42.6 Å². The zero-order chi connectivity index (χ0) is 12.7. The van der Waals surface area contributed by atoms with Gasteiger partial charge >= 0.3 is 0 Å². The first-order chi connectivity index (χ1) is 8.65. The van der Waals surface area contributed by atoms with Gasteiger partial charge in [0.25, 0.3) is 0 Å². The summed E-state index contributed by atoms with van der Waals surface area (Å²) in [6.45, 7) is 2.03. The van der Waals surface area contributed by atoms with Gasteiger partial charge in [0.1, 0.15) is 0 Å². The Morgan fingerprint density at radius 1 is 1.11 bits per heavy atom. The van der Waals surface area contributed by atoms with Crippen molar-refractivity contribution < 1.29 is 0 Å². The molecule has 3 rings (SSSR count). The van der Waals surface area contributed by atoms with Crippen molar-refractivity contribution in [1.82, 2.24) is 9.38 Å². The number of aromatic nitrogens is 2. The average molecular weight is 258 g/mol. The maximum Gasteiger partial charge on any atom is 0.160 e. The van der Waals surface area contributed by atoms with Crippen molar-refractivity contribution in [3.63, 3.8) is 0 Å². The summed E-state index contributed by atoms with van der Waals surface area (Å²) in [5.74, 6) is 0. The molecule has 1 aromatic carbocycles. The molecule has 0 aliphatic heterocycles. The molecule has 3 nitrogen and oxygen atoms in total. The van der Waals surface area contributed by atoms with Gasteiger partial charge in [-0.25, -0.2) is 4.98 Å². The Morgan fingerprint density at radius 2 is 1.83 bits per heavy atom. The van der Waals surface area contributed by atoms with E-state index < -0.39 is 0 Å². The highest BCUT2D eigenvalue weighted by Gasteiger charge is 2.08. The smallest absolute Gasteiger partial charge is 0.160 e. The lowest BCUT2D eigenvalue weighted by atomic mass is 10.2. The molecule has 0 aliphatic rings. The highest BCUT2D eigenvalue weighted by atomic mass is 35.5. The van der Waals surface area contributed by atoms with E-state index in [1.165, 1.54) is 0 Å². The molecule has 2 aromatic heterocycles. The second kappa shape index (κ2) is 4.03. The third-order valence-corrected chi connectivity index (χ3v) is 3.24. The Bertz CT molecular complexity index is 675. The predicted octanol–water partition coefficient (Wildman–Crippen LogP) is 3.55. The summed E-state index contributed by atoms with van der Waals surface area (Å²) in [6.07, 6.45) is 1.99. The maximum absolute atomic E-state index is 5.94. The number of nitrogens with two attached hydrogens (primary N) is 1. The van der Waals surface area contributed by atoms with Crippen molar-refractivity contribution in [2.75, 3.05) is 5.73 Å². The molecule has 0 amide bonds. The second-order valence-corrected chi connectivity index (χ2v) is 4.69. The molecule has 0 fully saturated rings. The molecular weight excluding hydrogens is 246 g/mol. The standard InChI is InChI=1S/C14H12ClN3/c1-9-2-7-12(16)14-17-13(8-18(9)14)10-3-5-11(15)6-4-10/h2-8H,16H2,1H3. The minimum atomic E-state index is 0.681. The molecule has 0 bridgehead atoms. The molecule has 0 radical (unpaired) electrons. The van der Waals surface area contributed by atoms with Gasteiger partial charge in [0.05, 0.1) is 11.4 Å². The number of nitrogen functional groups attached to an aromatic ring is 1. The van der Waals surface area contributed by atoms with E-state index in [0.29, 0.717) is 5.69 Å². The summed E-state index contributed by atoms with van der Waals surface area (Å²) in [6, 6.07) is 11.5. The number of aryl methyl sites for hydroxylation is 1. The van der Waals surface area contributed by atoms with Crippen molar-refractivity contribution in [3.8, 4) is 11.3 Å². The molecule has 2 heterocycles. The van der Waals surface area contributed by atoms with E-state index in [4.69, 9.17) is 17.3 Å². The Morgan fingerprint density at radius 3 is 2.50 bits per heavy atom. The Kier molecular flexibility index (Phi) is 2.49. The summed E-state index contributed by atoms with van der Waals surface area (Å²) in [5, 5.41) is 0.721. The second-order valence-electron chi connectivity index (χ2n) is 4.26. The first-order valence-electron chi connectivity index (χ1n) is 5.65. The van der Waals surface area contributed by atoms with Gasteiger partial charge in [-0.3, -0.25) is 0 Å². The molecule has 3 aromatic rings. The van der Waals surface area contributed by atoms with Crippen molar-refractivity contribution in [2.24, 2.45) is 0 Å². The molecule has 0 unspecified atom stereocenters. The number of anilines is 1. The van der Waals surface area contributed by atoms with Gasteiger partial charge in [-0.05, 0) is 31.2 Å². The molecule has 90 valence electrons. The minimum absolute atomic E-state index is 0.681. The normalized spacial score (nSPS) is 11.0. The lowest BCUT2D eigenvalue weighted by Crippen LogP contribution is -1.94. The summed E-state index contributed by atoms with van der Waals surface area (Å²) >= 11 is 5.88. The van der Waals surface area contributed by atoms with Crippen LogP contribution in [0.2, 0.25) is 5.02 Å². The fraction of sp³-hybridized carbons (Fsp3) is 0.0714. The summed E-state index contributed by atoms with van der Waals surface area (Å²) in [5.41, 5.74) is 10.4. The van der Waals surface area contributed by atoms with Crippen molar-refractivity contribution in [2.45, 2.75) is 6.92 Å². The fourth-order valence-corrected chi connectivity index (χ4v) is 2.10. The molecule has 0 atom stereocenters. The van der Waals surface area contributed by atoms with Gasteiger partial charge < -0.3 is 10.1 Å². The highest BCUT2D eigenvalue weighted by molar-refractivity contribution is 6.30. The lowest BCUT2D eigenvalue weighted by molar-refractivity contribution is 1.10. The maximum atomic E-state index is 5.94. The van der Waals surface area contributed by atoms with Crippen LogP contribution in [0, 0.1) is 6.92 Å². The van der Waals surface area contributed by atoms with Crippen LogP contribution < -0.4 is 5.73 Å². The van der Waals surface area contributed by atoms with E-state index in [0.717, 1.165) is 27.6 Å². The SMILES string of the molecule is Cc1ccc(N)c2nc(-c3ccc(Cl)cc3)cn12. The number of nitrogens with zero attached hydrogens (tertiary/aromatic N) is 2. The lowest BCUT2D eigenvalue weighted by Gasteiger charge is -2.00. The molecule has 2 N–H and O–H groups in total. The minimum Gasteiger partial charge on any atom is -0.396 e. The predicted molar refractivity (Wildman–Crippen MR) is 74.8 cm³/mol. The molecule has 0 aliphatic carbocycles. The number of fused-ring (bicyclic) bond motifs is 1. The average Bonchev–Trinajstić information content (AvgIpc) is 2.81. The number of benzene rings is 1. The largest absolute Gasteiger partial charge is 0.396 e. The van der Waals surface area contributed by atoms with Crippen LogP contribution in [0.1, 0.15) is 5.69 Å². The van der Waals surface area contributed by atoms with E-state index >= 15 is 0 Å². The van der Waals surface area contributed by atoms with Crippen molar-refractivity contribution in [3.05, 3.63) is 53.3 Å². The number of halogens is 1. The third-order valence-electron chi connectivity index (χ3n) is 2.99. The van der Waals surface area contributed by atoms with E-state index in [1.54, 1.807) is 0 Å². The molecule has 0 spiro atoms. The van der Waals surface area contributed by atoms with E-state index in [2.05, 4.69) is 4.98 Å². The van der Waals surface area contributed by atoms with E-state index in [1.807, 2.05) is 53.9 Å². The summed E-state index contributed by atoms with van der Waals surface area (Å²) in [4.78, 5) is 4.57. The number of rotatable bonds is 1. The van der Waals surface area contributed by atoms with Crippen LogP contribution in [0.25, 0.3) is 16.9 Å². The van der Waals surface area contributed by atoms with Gasteiger partial charge in [-0.2, -0.15) is 0 Å². The first kappa shape index (κ1) is 11.1. The quantitative estimate of drug-likeness (QED) is 0.725. The topological polar surface area (TPSA) is 43.3 Å². The number of imidazole rings is 1. The number of pyridine rings is 1. The van der Waals surface area contributed by atoms with Gasteiger partial charge in [0.15, 0.2) is 5.65 Å². The van der Waals surface area contributed by atoms with Gasteiger partial charge in [0, 0.05) is 22.5 Å². The summed E-state index contributed by atoms with van der Waals surface area (Å²) in [7, 11) is 0. The van der Waals surface area contributed by atoms with Crippen LogP contribution in [0.5, 0.6) is 0 Å². The van der Waals surface area contributed by atoms with Crippen LogP contribution in [0.3, 0.4) is 0 Å². The van der Waals surface area contributed by atoms with Crippen molar-refractivity contribution >= 4 is 22.9 Å². The Labute approximate surface area is 110 Å². The first-order valence-corrected chi connectivity index (χ1v) is 6.03. The van der Waals surface area contributed by atoms with Crippen LogP contribution in [-0.4, -0.2) is 9.38 Å². The van der Waals surface area contributed by atoms with Crippen LogP contribution >= 0.6 is 11.6 Å². The highest BCUT2D eigenvalue weighted by Crippen LogP contribution is 2.24. The number of hydrogen-bond donors (Lipinski definition) is 1. The Hall–Kier alpha value is -2.00. The van der Waals surface area contributed by atoms with Gasteiger partial charge in [0.2, 0.25) is 0 Å². The zero-order valence-corrected chi connectivity index (χ0v) is 10.6. The summed E-state index contributed by atoms with van der Waals surface area (Å²) < 4.78 is 2.00. The molecular formula is C14H12ClN3. The van der Waals surface area contributed by atoms with Crippen LogP contribution in [0.4, 0.5) is 5.69 Å². The van der Waals surface area contributed by atoms with Gasteiger partial charge in [-0.1, -0.05) is 23.7 Å². The fourth-order valence-electron chi connectivity index (χ4n) is 1.98. The number of hydrogen-bond acceptors (Lipinski definition) is 2. The van der Waals surface area contributed by atoms with Crippen molar-refractivity contribution in [1.29, 1.82) is 0 Å². The van der Waals surface area contributed by atoms with E-state index in [9.17, 15) is 0 Å². The monoisotopic (exact) mass is 257 g/mol. The van der Waals surface area contributed by atoms with Gasteiger partial charge in [-0.15, -0.1) is 0 Å². The Balaban J connectivity index is 2.22. The molecule has 18 heavy (non-hydrogen) atoms. The third kappa shape index (κ3) is 1.73. The molecule has 0 saturated carbocycles.